The fourth-order valence-corrected chi connectivity index (χ4v) is 6.73. The van der Waals surface area contributed by atoms with E-state index in [0.29, 0.717) is 35.9 Å². The van der Waals surface area contributed by atoms with Crippen LogP contribution in [0.2, 0.25) is 0 Å². The number of aromatic nitrogens is 1. The van der Waals surface area contributed by atoms with Gasteiger partial charge >= 0.3 is 0 Å². The topological polar surface area (TPSA) is 81.0 Å². The number of sulfonamides is 1. The van der Waals surface area contributed by atoms with E-state index in [4.69, 9.17) is 4.74 Å². The number of thiazole rings is 1. The number of fused-ring (bicyclic) bond motifs is 1. The molecule has 1 aliphatic rings. The number of rotatable bonds is 5. The molecule has 1 saturated heterocycles. The molecule has 1 aromatic heterocycles. The van der Waals surface area contributed by atoms with Crippen molar-refractivity contribution in [3.8, 4) is 5.75 Å². The van der Waals surface area contributed by atoms with Crippen LogP contribution in [0.5, 0.6) is 5.75 Å². The number of hydrogen-bond donors (Lipinski definition) is 0. The SMILES string of the molecule is CCn1c(=NC(=O)c2ccc(S(=O)(=O)N3CCC[C@H](C)C3)cc2)sc2cc(OC)ccc21. The van der Waals surface area contributed by atoms with Gasteiger partial charge in [0.1, 0.15) is 5.75 Å². The molecule has 0 bridgehead atoms. The van der Waals surface area contributed by atoms with Crippen LogP contribution < -0.4 is 9.54 Å². The van der Waals surface area contributed by atoms with Crippen LogP contribution in [0.25, 0.3) is 10.2 Å². The summed E-state index contributed by atoms with van der Waals surface area (Å²) < 4.78 is 35.7. The molecule has 170 valence electrons. The molecule has 9 heteroatoms. The molecule has 2 aromatic carbocycles. The van der Waals surface area contributed by atoms with Gasteiger partial charge in [0.05, 0.1) is 22.2 Å². The number of methoxy groups -OCH3 is 1. The summed E-state index contributed by atoms with van der Waals surface area (Å²) in [5.74, 6) is 0.700. The summed E-state index contributed by atoms with van der Waals surface area (Å²) in [5, 5.41) is 0. The number of ether oxygens (including phenoxy) is 1. The first-order chi connectivity index (χ1) is 15.3. The molecule has 1 fully saturated rings. The van der Waals surface area contributed by atoms with E-state index in [1.807, 2.05) is 29.7 Å². The quantitative estimate of drug-likeness (QED) is 0.563. The molecule has 32 heavy (non-hydrogen) atoms. The molecule has 0 radical (unpaired) electrons. The van der Waals surface area contributed by atoms with E-state index in [9.17, 15) is 13.2 Å². The zero-order valence-electron chi connectivity index (χ0n) is 18.4. The highest BCUT2D eigenvalue weighted by molar-refractivity contribution is 7.89. The van der Waals surface area contributed by atoms with Crippen molar-refractivity contribution < 1.29 is 17.9 Å². The summed E-state index contributed by atoms with van der Waals surface area (Å²) in [6.45, 7) is 5.81. The van der Waals surface area contributed by atoms with E-state index in [1.54, 1.807) is 19.2 Å². The minimum absolute atomic E-state index is 0.209. The van der Waals surface area contributed by atoms with Crippen LogP contribution in [0.3, 0.4) is 0 Å². The van der Waals surface area contributed by atoms with Gasteiger partial charge < -0.3 is 9.30 Å². The summed E-state index contributed by atoms with van der Waals surface area (Å²) in [7, 11) is -1.94. The largest absolute Gasteiger partial charge is 0.497 e. The second kappa shape index (κ2) is 9.17. The molecule has 3 aromatic rings. The number of carbonyl (C=O) groups is 1. The van der Waals surface area contributed by atoms with Gasteiger partial charge in [-0.2, -0.15) is 9.30 Å². The van der Waals surface area contributed by atoms with E-state index >= 15 is 0 Å². The Kier molecular flexibility index (Phi) is 6.50. The van der Waals surface area contributed by atoms with Crippen molar-refractivity contribution in [2.75, 3.05) is 20.2 Å². The van der Waals surface area contributed by atoms with Gasteiger partial charge in [-0.3, -0.25) is 4.79 Å². The highest BCUT2D eigenvalue weighted by atomic mass is 32.2. The molecule has 1 amide bonds. The van der Waals surface area contributed by atoms with Crippen molar-refractivity contribution in [3.05, 3.63) is 52.8 Å². The molecular formula is C23H27N3O4S2. The highest BCUT2D eigenvalue weighted by Crippen LogP contribution is 2.25. The molecule has 7 nitrogen and oxygen atoms in total. The lowest BCUT2D eigenvalue weighted by Gasteiger charge is -2.30. The maximum Gasteiger partial charge on any atom is 0.279 e. The summed E-state index contributed by atoms with van der Waals surface area (Å²) in [5.41, 5.74) is 1.34. The second-order valence-corrected chi connectivity index (χ2v) is 11.0. The van der Waals surface area contributed by atoms with Crippen molar-refractivity contribution in [1.29, 1.82) is 0 Å². The van der Waals surface area contributed by atoms with Crippen molar-refractivity contribution in [2.24, 2.45) is 10.9 Å². The Morgan fingerprint density at radius 2 is 1.97 bits per heavy atom. The molecule has 1 aliphatic heterocycles. The second-order valence-electron chi connectivity index (χ2n) is 8.01. The Balaban J connectivity index is 1.62. The average molecular weight is 474 g/mol. The van der Waals surface area contributed by atoms with E-state index in [-0.39, 0.29) is 4.90 Å². The van der Waals surface area contributed by atoms with E-state index < -0.39 is 15.9 Å². The van der Waals surface area contributed by atoms with Crippen LogP contribution in [-0.2, 0) is 16.6 Å². The normalized spacial score (nSPS) is 18.2. The lowest BCUT2D eigenvalue weighted by Crippen LogP contribution is -2.39. The van der Waals surface area contributed by atoms with Crippen LogP contribution >= 0.6 is 11.3 Å². The number of piperidine rings is 1. The lowest BCUT2D eigenvalue weighted by molar-refractivity contribution is 0.0997. The van der Waals surface area contributed by atoms with E-state index in [0.717, 1.165) is 28.8 Å². The summed E-state index contributed by atoms with van der Waals surface area (Å²) in [4.78, 5) is 18.0. The zero-order valence-corrected chi connectivity index (χ0v) is 20.1. The first kappa shape index (κ1) is 22.7. The van der Waals surface area contributed by atoms with Gasteiger partial charge in [0, 0.05) is 25.2 Å². The number of hydrogen-bond acceptors (Lipinski definition) is 5. The van der Waals surface area contributed by atoms with Crippen molar-refractivity contribution in [3.63, 3.8) is 0 Å². The van der Waals surface area contributed by atoms with Gasteiger partial charge in [-0.05, 0) is 68.1 Å². The van der Waals surface area contributed by atoms with Gasteiger partial charge in [-0.25, -0.2) is 8.42 Å². The Morgan fingerprint density at radius 1 is 1.22 bits per heavy atom. The van der Waals surface area contributed by atoms with Crippen LogP contribution in [0.15, 0.2) is 52.4 Å². The monoisotopic (exact) mass is 473 g/mol. The van der Waals surface area contributed by atoms with Crippen LogP contribution in [0, 0.1) is 5.92 Å². The first-order valence-electron chi connectivity index (χ1n) is 10.7. The van der Waals surface area contributed by atoms with Crippen LogP contribution in [0.4, 0.5) is 0 Å². The number of amides is 1. The molecule has 4 rings (SSSR count). The minimum atomic E-state index is -3.55. The predicted octanol–water partition coefficient (Wildman–Crippen LogP) is 3.89. The Bertz CT molecular complexity index is 1310. The molecule has 0 spiro atoms. The maximum absolute atomic E-state index is 12.9. The molecule has 1 atom stereocenters. The summed E-state index contributed by atoms with van der Waals surface area (Å²) in [6, 6.07) is 11.9. The van der Waals surface area contributed by atoms with Gasteiger partial charge in [0.25, 0.3) is 5.91 Å². The third-order valence-electron chi connectivity index (χ3n) is 5.76. The minimum Gasteiger partial charge on any atom is -0.497 e. The summed E-state index contributed by atoms with van der Waals surface area (Å²) >= 11 is 1.42. The first-order valence-corrected chi connectivity index (χ1v) is 13.0. The molecule has 2 heterocycles. The van der Waals surface area contributed by atoms with Gasteiger partial charge in [0.15, 0.2) is 4.80 Å². The molecule has 0 N–H and O–H groups in total. The maximum atomic E-state index is 12.9. The van der Waals surface area contributed by atoms with Crippen molar-refractivity contribution in [1.82, 2.24) is 8.87 Å². The smallest absolute Gasteiger partial charge is 0.279 e. The van der Waals surface area contributed by atoms with Crippen LogP contribution in [-0.4, -0.2) is 43.4 Å². The molecule has 0 unspecified atom stereocenters. The van der Waals surface area contributed by atoms with Crippen LogP contribution in [0.1, 0.15) is 37.0 Å². The van der Waals surface area contributed by atoms with Crippen molar-refractivity contribution in [2.45, 2.75) is 38.1 Å². The van der Waals surface area contributed by atoms with Gasteiger partial charge in [-0.15, -0.1) is 0 Å². The van der Waals surface area contributed by atoms with Crippen molar-refractivity contribution >= 4 is 37.5 Å². The molecule has 0 saturated carbocycles. The Labute approximate surface area is 192 Å². The Morgan fingerprint density at radius 3 is 2.62 bits per heavy atom. The number of carbonyl (C=O) groups excluding carboxylic acids is 1. The number of aryl methyl sites for hydroxylation is 1. The highest BCUT2D eigenvalue weighted by Gasteiger charge is 2.28. The average Bonchev–Trinajstić information content (AvgIpc) is 3.14. The van der Waals surface area contributed by atoms with Gasteiger partial charge in [0.2, 0.25) is 10.0 Å². The number of nitrogens with zero attached hydrogens (tertiary/aromatic N) is 3. The Hall–Kier alpha value is -2.49. The molecule has 0 aliphatic carbocycles. The lowest BCUT2D eigenvalue weighted by atomic mass is 10.0. The fraction of sp³-hybridized carbons (Fsp3) is 0.391. The zero-order chi connectivity index (χ0) is 22.9. The van der Waals surface area contributed by atoms with E-state index in [2.05, 4.69) is 11.9 Å². The van der Waals surface area contributed by atoms with Gasteiger partial charge in [-0.1, -0.05) is 18.3 Å². The third kappa shape index (κ3) is 4.37. The predicted molar refractivity (Wildman–Crippen MR) is 126 cm³/mol. The third-order valence-corrected chi connectivity index (χ3v) is 8.68. The standard InChI is InChI=1S/C23H27N3O4S2/c1-4-26-20-12-9-18(30-3)14-21(20)31-23(26)24-22(27)17-7-10-19(11-8-17)32(28,29)25-13-5-6-16(2)15-25/h7-12,14,16H,4-6,13,15H2,1-3H3/t16-/m0/s1. The number of benzene rings is 2. The summed E-state index contributed by atoms with van der Waals surface area (Å²) in [6.07, 6.45) is 1.91. The van der Waals surface area contributed by atoms with E-state index in [1.165, 1.54) is 27.8 Å². The molecular weight excluding hydrogens is 446 g/mol. The fourth-order valence-electron chi connectivity index (χ4n) is 4.01.